The first-order valence-corrected chi connectivity index (χ1v) is 9.05. The van der Waals surface area contributed by atoms with Gasteiger partial charge in [-0.3, -0.25) is 0 Å². The second-order valence-corrected chi connectivity index (χ2v) is 8.00. The number of carbonyl (C=O) groups is 2. The minimum atomic E-state index is -1.03. The van der Waals surface area contributed by atoms with Gasteiger partial charge in [0.2, 0.25) is 0 Å². The molecule has 1 aliphatic rings. The van der Waals surface area contributed by atoms with E-state index in [2.05, 4.69) is 10.7 Å². The van der Waals surface area contributed by atoms with Crippen LogP contribution in [-0.4, -0.2) is 47.1 Å². The van der Waals surface area contributed by atoms with Crippen LogP contribution in [0.5, 0.6) is 0 Å². The molecule has 1 heterocycles. The number of alkyl carbamates (subject to hydrolysis) is 1. The van der Waals surface area contributed by atoms with E-state index in [-0.39, 0.29) is 10.5 Å². The number of nitrogens with one attached hydrogen (secondary N) is 2. The SMILES string of the molecule is CC(C)(C)OC(=O)NCC1CCC[N+](Cc2ccccc2)(NC(=O)O)C1. The van der Waals surface area contributed by atoms with Crippen molar-refractivity contribution in [1.29, 1.82) is 0 Å². The zero-order valence-corrected chi connectivity index (χ0v) is 15.8. The molecule has 0 aliphatic carbocycles. The second kappa shape index (κ2) is 8.40. The molecule has 7 nitrogen and oxygen atoms in total. The highest BCUT2D eigenvalue weighted by Gasteiger charge is 2.37. The summed E-state index contributed by atoms with van der Waals surface area (Å²) in [5.74, 6) is 0.187. The third-order valence-electron chi connectivity index (χ3n) is 4.40. The number of likely N-dealkylation sites (tertiary alicyclic amines) is 1. The predicted molar refractivity (Wildman–Crippen MR) is 98.3 cm³/mol. The first kappa shape index (κ1) is 20.0. The van der Waals surface area contributed by atoms with Gasteiger partial charge in [-0.1, -0.05) is 30.3 Å². The molecule has 0 saturated carbocycles. The van der Waals surface area contributed by atoms with E-state index in [1.807, 2.05) is 51.1 Å². The lowest BCUT2D eigenvalue weighted by atomic mass is 9.96. The average molecular weight is 364 g/mol. The Balaban J connectivity index is 2.00. The third kappa shape index (κ3) is 6.55. The van der Waals surface area contributed by atoms with Crippen molar-refractivity contribution in [3.63, 3.8) is 0 Å². The molecule has 0 radical (unpaired) electrons. The maximum atomic E-state index is 11.9. The maximum absolute atomic E-state index is 11.9. The van der Waals surface area contributed by atoms with Crippen molar-refractivity contribution in [3.05, 3.63) is 35.9 Å². The van der Waals surface area contributed by atoms with Crippen LogP contribution in [0, 0.1) is 5.92 Å². The van der Waals surface area contributed by atoms with Crippen molar-refractivity contribution in [2.75, 3.05) is 19.6 Å². The molecule has 2 rings (SSSR count). The zero-order valence-electron chi connectivity index (χ0n) is 15.8. The van der Waals surface area contributed by atoms with Crippen LogP contribution in [0.1, 0.15) is 39.2 Å². The van der Waals surface area contributed by atoms with Crippen molar-refractivity contribution in [2.24, 2.45) is 5.92 Å². The molecule has 1 aromatic rings. The lowest BCUT2D eigenvalue weighted by Gasteiger charge is -2.42. The Labute approximate surface area is 154 Å². The van der Waals surface area contributed by atoms with Gasteiger partial charge in [-0.25, -0.2) is 14.2 Å². The monoisotopic (exact) mass is 364 g/mol. The van der Waals surface area contributed by atoms with E-state index >= 15 is 0 Å². The molecule has 0 spiro atoms. The summed E-state index contributed by atoms with van der Waals surface area (Å²) in [4.78, 5) is 23.3. The van der Waals surface area contributed by atoms with Gasteiger partial charge < -0.3 is 15.2 Å². The van der Waals surface area contributed by atoms with Crippen molar-refractivity contribution in [1.82, 2.24) is 10.7 Å². The lowest BCUT2D eigenvalue weighted by Crippen LogP contribution is -2.64. The van der Waals surface area contributed by atoms with E-state index in [1.54, 1.807) is 0 Å². The summed E-state index contributed by atoms with van der Waals surface area (Å²) >= 11 is 0. The second-order valence-electron chi connectivity index (χ2n) is 8.00. The molecule has 1 saturated heterocycles. The van der Waals surface area contributed by atoms with Crippen LogP contribution >= 0.6 is 0 Å². The molecule has 2 unspecified atom stereocenters. The average Bonchev–Trinajstić information content (AvgIpc) is 2.51. The van der Waals surface area contributed by atoms with Crippen LogP contribution in [-0.2, 0) is 11.3 Å². The number of quaternary nitrogens is 1. The van der Waals surface area contributed by atoms with E-state index in [1.165, 1.54) is 0 Å². The third-order valence-corrected chi connectivity index (χ3v) is 4.40. The number of piperidine rings is 1. The number of amides is 2. The molecule has 2 amide bonds. The molecule has 1 aliphatic heterocycles. The normalized spacial score (nSPS) is 23.1. The molecule has 144 valence electrons. The summed E-state index contributed by atoms with van der Waals surface area (Å²) in [6, 6.07) is 9.87. The Bertz CT molecular complexity index is 615. The van der Waals surface area contributed by atoms with E-state index in [0.29, 0.717) is 19.6 Å². The summed E-state index contributed by atoms with van der Waals surface area (Å²) in [5.41, 5.74) is 3.26. The highest BCUT2D eigenvalue weighted by atomic mass is 16.6. The minimum absolute atomic E-state index is 0.187. The number of nitrogens with zero attached hydrogens (tertiary/aromatic N) is 1. The summed E-state index contributed by atoms with van der Waals surface area (Å²) in [5, 5.41) is 12.1. The Morgan fingerprint density at radius 3 is 2.58 bits per heavy atom. The quantitative estimate of drug-likeness (QED) is 0.701. The number of carbonyl (C=O) groups excluding carboxylic acids is 1. The number of hydrogen-bond donors (Lipinski definition) is 3. The summed E-state index contributed by atoms with van der Waals surface area (Å²) in [6.07, 6.45) is 0.386. The van der Waals surface area contributed by atoms with E-state index in [0.717, 1.165) is 24.9 Å². The fourth-order valence-electron chi connectivity index (χ4n) is 3.49. The highest BCUT2D eigenvalue weighted by molar-refractivity contribution is 5.67. The Kier molecular flexibility index (Phi) is 6.47. The van der Waals surface area contributed by atoms with Crippen LogP contribution in [0.2, 0.25) is 0 Å². The van der Waals surface area contributed by atoms with E-state index in [4.69, 9.17) is 4.74 Å². The standard InChI is InChI=1S/C19H29N3O4/c1-19(2,3)26-18(25)20-12-16-10-7-11-22(14-16,21-17(23)24)13-15-8-5-4-6-9-15/h4-6,8-9,16,21H,7,10-14H2,1-3H3,(H-,20,23,24,25)/p+1. The molecule has 1 aromatic carbocycles. The molecule has 0 aromatic heterocycles. The van der Waals surface area contributed by atoms with Gasteiger partial charge in [0, 0.05) is 18.0 Å². The number of hydrogen-bond acceptors (Lipinski definition) is 3. The van der Waals surface area contributed by atoms with Gasteiger partial charge in [0.25, 0.3) is 0 Å². The number of ether oxygens (including phenoxy) is 1. The van der Waals surface area contributed by atoms with Crippen molar-refractivity contribution < 1.29 is 24.0 Å². The molecule has 7 heteroatoms. The van der Waals surface area contributed by atoms with Gasteiger partial charge in [0.05, 0.1) is 0 Å². The van der Waals surface area contributed by atoms with Crippen LogP contribution in [0.15, 0.2) is 30.3 Å². The van der Waals surface area contributed by atoms with Gasteiger partial charge >= 0.3 is 12.2 Å². The van der Waals surface area contributed by atoms with Gasteiger partial charge in [-0.05, 0) is 33.6 Å². The van der Waals surface area contributed by atoms with E-state index in [9.17, 15) is 14.7 Å². The molecule has 0 bridgehead atoms. The van der Waals surface area contributed by atoms with Crippen LogP contribution in [0.3, 0.4) is 0 Å². The molecule has 26 heavy (non-hydrogen) atoms. The Morgan fingerprint density at radius 1 is 1.27 bits per heavy atom. The minimum Gasteiger partial charge on any atom is -0.462 e. The number of rotatable bonds is 5. The topological polar surface area (TPSA) is 87.7 Å². The van der Waals surface area contributed by atoms with Gasteiger partial charge in [-0.2, -0.15) is 5.43 Å². The smallest absolute Gasteiger partial charge is 0.449 e. The predicted octanol–water partition coefficient (Wildman–Crippen LogP) is 3.12. The maximum Gasteiger partial charge on any atom is 0.449 e. The highest BCUT2D eigenvalue weighted by Crippen LogP contribution is 2.24. The molecule has 2 atom stereocenters. The number of carboxylic acid groups (broad SMARTS) is 1. The molecular formula is C19H30N3O4+. The largest absolute Gasteiger partial charge is 0.462 e. The van der Waals surface area contributed by atoms with Gasteiger partial charge in [0.15, 0.2) is 0 Å². The number of benzene rings is 1. The van der Waals surface area contributed by atoms with Crippen molar-refractivity contribution in [2.45, 2.75) is 45.8 Å². The van der Waals surface area contributed by atoms with Crippen LogP contribution in [0.25, 0.3) is 0 Å². The lowest BCUT2D eigenvalue weighted by molar-refractivity contribution is -0.981. The van der Waals surface area contributed by atoms with Crippen molar-refractivity contribution in [3.8, 4) is 0 Å². The van der Waals surface area contributed by atoms with E-state index < -0.39 is 17.8 Å². The fraction of sp³-hybridized carbons (Fsp3) is 0.579. The van der Waals surface area contributed by atoms with Gasteiger partial charge in [-0.15, -0.1) is 0 Å². The Hall–Kier alpha value is -2.28. The first-order chi connectivity index (χ1) is 12.2. The molecule has 1 fully saturated rings. The van der Waals surface area contributed by atoms with Gasteiger partial charge in [0.1, 0.15) is 25.2 Å². The summed E-state index contributed by atoms with van der Waals surface area (Å²) in [7, 11) is 0. The van der Waals surface area contributed by atoms with Crippen molar-refractivity contribution >= 4 is 12.2 Å². The first-order valence-electron chi connectivity index (χ1n) is 9.05. The zero-order chi connectivity index (χ0) is 19.2. The fourth-order valence-corrected chi connectivity index (χ4v) is 3.49. The van der Waals surface area contributed by atoms with Crippen LogP contribution < -0.4 is 10.7 Å². The van der Waals surface area contributed by atoms with Crippen LogP contribution in [0.4, 0.5) is 9.59 Å². The molecule has 3 N–H and O–H groups in total. The Morgan fingerprint density at radius 2 is 1.96 bits per heavy atom. The summed E-state index contributed by atoms with van der Waals surface area (Å²) < 4.78 is 5.55. The summed E-state index contributed by atoms with van der Waals surface area (Å²) in [6.45, 7) is 7.92. The molecular weight excluding hydrogens is 334 g/mol.